The van der Waals surface area contributed by atoms with Gasteiger partial charge in [0.2, 0.25) is 10.0 Å². The van der Waals surface area contributed by atoms with Crippen LogP contribution in [0.4, 0.5) is 10.1 Å². The van der Waals surface area contributed by atoms with Gasteiger partial charge in [0.1, 0.15) is 5.82 Å². The van der Waals surface area contributed by atoms with E-state index in [0.717, 1.165) is 16.9 Å². The van der Waals surface area contributed by atoms with Crippen molar-refractivity contribution in [3.63, 3.8) is 0 Å². The molecule has 140 valence electrons. The van der Waals surface area contributed by atoms with E-state index in [0.29, 0.717) is 16.1 Å². The van der Waals surface area contributed by atoms with E-state index < -0.39 is 10.0 Å². The molecule has 0 spiro atoms. The number of hydrogen-bond acceptors (Lipinski definition) is 4. The van der Waals surface area contributed by atoms with Crippen LogP contribution in [0, 0.1) is 12.7 Å². The summed E-state index contributed by atoms with van der Waals surface area (Å²) < 4.78 is 40.2. The van der Waals surface area contributed by atoms with Crippen LogP contribution in [0.25, 0.3) is 0 Å². The van der Waals surface area contributed by atoms with Gasteiger partial charge < -0.3 is 5.32 Å². The van der Waals surface area contributed by atoms with Gasteiger partial charge in [-0.05, 0) is 42.3 Å². The highest BCUT2D eigenvalue weighted by Crippen LogP contribution is 2.22. The molecular weight excluding hydrogens is 387 g/mol. The number of carbonyl (C=O) groups excluding carboxylic acids is 1. The molecule has 0 saturated heterocycles. The highest BCUT2D eigenvalue weighted by molar-refractivity contribution is 7.89. The first-order valence-corrected chi connectivity index (χ1v) is 10.4. The Labute approximate surface area is 160 Å². The average Bonchev–Trinajstić information content (AvgIpc) is 3.14. The van der Waals surface area contributed by atoms with Gasteiger partial charge in [0.15, 0.2) is 0 Å². The van der Waals surface area contributed by atoms with Crippen molar-refractivity contribution in [2.75, 3.05) is 5.32 Å². The third kappa shape index (κ3) is 4.79. The molecule has 0 saturated carbocycles. The molecule has 27 heavy (non-hydrogen) atoms. The summed E-state index contributed by atoms with van der Waals surface area (Å²) in [6, 6.07) is 14.2. The van der Waals surface area contributed by atoms with Crippen LogP contribution in [-0.2, 0) is 16.6 Å². The SMILES string of the molecule is Cc1ccccc1NC(=O)c1cc(S(=O)(=O)NCc2ccc(F)cc2)cs1. The molecule has 0 fully saturated rings. The van der Waals surface area contributed by atoms with Crippen molar-refractivity contribution in [3.05, 3.63) is 81.8 Å². The monoisotopic (exact) mass is 404 g/mol. The maximum Gasteiger partial charge on any atom is 0.265 e. The second-order valence-electron chi connectivity index (χ2n) is 5.87. The Morgan fingerprint density at radius 3 is 2.52 bits per heavy atom. The minimum atomic E-state index is -3.78. The van der Waals surface area contributed by atoms with E-state index in [1.807, 2.05) is 25.1 Å². The number of amides is 1. The number of hydrogen-bond donors (Lipinski definition) is 2. The largest absolute Gasteiger partial charge is 0.321 e. The van der Waals surface area contributed by atoms with Crippen molar-refractivity contribution in [2.24, 2.45) is 0 Å². The topological polar surface area (TPSA) is 75.3 Å². The van der Waals surface area contributed by atoms with Gasteiger partial charge in [-0.1, -0.05) is 30.3 Å². The van der Waals surface area contributed by atoms with Crippen molar-refractivity contribution in [3.8, 4) is 0 Å². The second-order valence-corrected chi connectivity index (χ2v) is 8.54. The summed E-state index contributed by atoms with van der Waals surface area (Å²) in [7, 11) is -3.78. The van der Waals surface area contributed by atoms with Crippen molar-refractivity contribution in [2.45, 2.75) is 18.4 Å². The highest BCUT2D eigenvalue weighted by Gasteiger charge is 2.19. The van der Waals surface area contributed by atoms with Crippen LogP contribution in [0.15, 0.2) is 64.9 Å². The second kappa shape index (κ2) is 7.99. The Morgan fingerprint density at radius 1 is 1.11 bits per heavy atom. The zero-order valence-corrected chi connectivity index (χ0v) is 16.0. The number of rotatable bonds is 6. The molecule has 2 aromatic carbocycles. The summed E-state index contributed by atoms with van der Waals surface area (Å²) in [5.41, 5.74) is 2.22. The molecule has 1 amide bonds. The number of anilines is 1. The van der Waals surface area contributed by atoms with Crippen LogP contribution in [0.5, 0.6) is 0 Å². The Balaban J connectivity index is 1.69. The number of halogens is 1. The fraction of sp³-hybridized carbons (Fsp3) is 0.105. The molecule has 2 N–H and O–H groups in total. The Hall–Kier alpha value is -2.55. The molecule has 3 aromatic rings. The molecule has 8 heteroatoms. The van der Waals surface area contributed by atoms with E-state index in [1.165, 1.54) is 35.7 Å². The summed E-state index contributed by atoms with van der Waals surface area (Å²) >= 11 is 1.05. The lowest BCUT2D eigenvalue weighted by molar-refractivity contribution is 0.103. The predicted octanol–water partition coefficient (Wildman–Crippen LogP) is 3.93. The van der Waals surface area contributed by atoms with Gasteiger partial charge in [0.05, 0.1) is 9.77 Å². The molecule has 3 rings (SSSR count). The van der Waals surface area contributed by atoms with Crippen molar-refractivity contribution in [1.82, 2.24) is 4.72 Å². The lowest BCUT2D eigenvalue weighted by atomic mass is 10.2. The third-order valence-corrected chi connectivity index (χ3v) is 6.34. The van der Waals surface area contributed by atoms with Gasteiger partial charge >= 0.3 is 0 Å². The van der Waals surface area contributed by atoms with Crippen LogP contribution in [-0.4, -0.2) is 14.3 Å². The molecule has 0 aliphatic rings. The summed E-state index contributed by atoms with van der Waals surface area (Å²) in [6.07, 6.45) is 0. The standard InChI is InChI=1S/C19H17FN2O3S2/c1-13-4-2-3-5-17(13)22-19(23)18-10-16(12-26-18)27(24,25)21-11-14-6-8-15(20)9-7-14/h2-10,12,21H,11H2,1H3,(H,22,23). The van der Waals surface area contributed by atoms with Crippen LogP contribution in [0.1, 0.15) is 20.8 Å². The Kier molecular flexibility index (Phi) is 5.69. The quantitative estimate of drug-likeness (QED) is 0.654. The van der Waals surface area contributed by atoms with Gasteiger partial charge in [0, 0.05) is 17.6 Å². The van der Waals surface area contributed by atoms with Crippen LogP contribution < -0.4 is 10.0 Å². The van der Waals surface area contributed by atoms with E-state index >= 15 is 0 Å². The first-order valence-electron chi connectivity index (χ1n) is 8.05. The molecule has 5 nitrogen and oxygen atoms in total. The van der Waals surface area contributed by atoms with Crippen molar-refractivity contribution >= 4 is 33.0 Å². The molecule has 1 heterocycles. The summed E-state index contributed by atoms with van der Waals surface area (Å²) in [5.74, 6) is -0.752. The molecule has 0 unspecified atom stereocenters. The maximum absolute atomic E-state index is 12.9. The fourth-order valence-corrected chi connectivity index (χ4v) is 4.53. The Morgan fingerprint density at radius 2 is 1.81 bits per heavy atom. The van der Waals surface area contributed by atoms with Crippen molar-refractivity contribution < 1.29 is 17.6 Å². The Bertz CT molecular complexity index is 1060. The molecule has 0 aliphatic heterocycles. The van der Waals surface area contributed by atoms with Gasteiger partial charge in [-0.15, -0.1) is 11.3 Å². The summed E-state index contributed by atoms with van der Waals surface area (Å²) in [4.78, 5) is 12.7. The lowest BCUT2D eigenvalue weighted by Gasteiger charge is -2.06. The summed E-state index contributed by atoms with van der Waals surface area (Å²) in [6.45, 7) is 1.91. The number of sulfonamides is 1. The number of thiophene rings is 1. The third-order valence-electron chi connectivity index (χ3n) is 3.88. The number of nitrogens with one attached hydrogen (secondary N) is 2. The van der Waals surface area contributed by atoms with Gasteiger partial charge in [0.25, 0.3) is 5.91 Å². The van der Waals surface area contributed by atoms with E-state index in [4.69, 9.17) is 0 Å². The molecule has 0 atom stereocenters. The number of aryl methyl sites for hydroxylation is 1. The molecule has 1 aromatic heterocycles. The minimum Gasteiger partial charge on any atom is -0.321 e. The molecule has 0 bridgehead atoms. The average molecular weight is 404 g/mol. The normalized spacial score (nSPS) is 11.3. The van der Waals surface area contributed by atoms with Gasteiger partial charge in [-0.2, -0.15) is 0 Å². The smallest absolute Gasteiger partial charge is 0.265 e. The number of para-hydroxylation sites is 1. The zero-order chi connectivity index (χ0) is 19.4. The first kappa shape index (κ1) is 19.2. The van der Waals surface area contributed by atoms with E-state index in [-0.39, 0.29) is 23.2 Å². The summed E-state index contributed by atoms with van der Waals surface area (Å²) in [5, 5.41) is 4.19. The van der Waals surface area contributed by atoms with Gasteiger partial charge in [-0.25, -0.2) is 17.5 Å². The van der Waals surface area contributed by atoms with Crippen LogP contribution in [0.3, 0.4) is 0 Å². The lowest BCUT2D eigenvalue weighted by Crippen LogP contribution is -2.22. The van der Waals surface area contributed by atoms with Crippen LogP contribution in [0.2, 0.25) is 0 Å². The molecule has 0 radical (unpaired) electrons. The highest BCUT2D eigenvalue weighted by atomic mass is 32.2. The number of carbonyl (C=O) groups is 1. The van der Waals surface area contributed by atoms with E-state index in [2.05, 4.69) is 10.0 Å². The van der Waals surface area contributed by atoms with Gasteiger partial charge in [-0.3, -0.25) is 4.79 Å². The van der Waals surface area contributed by atoms with E-state index in [9.17, 15) is 17.6 Å². The number of benzene rings is 2. The maximum atomic E-state index is 12.9. The van der Waals surface area contributed by atoms with Crippen molar-refractivity contribution in [1.29, 1.82) is 0 Å². The van der Waals surface area contributed by atoms with E-state index in [1.54, 1.807) is 6.07 Å². The zero-order valence-electron chi connectivity index (χ0n) is 14.4. The predicted molar refractivity (Wildman–Crippen MR) is 104 cm³/mol. The van der Waals surface area contributed by atoms with Crippen LogP contribution >= 0.6 is 11.3 Å². The fourth-order valence-electron chi connectivity index (χ4n) is 2.34. The minimum absolute atomic E-state index is 0.0181. The molecule has 0 aliphatic carbocycles. The first-order chi connectivity index (χ1) is 12.8. The molecular formula is C19H17FN2O3S2.